The number of halogens is 1. The third-order valence-electron chi connectivity index (χ3n) is 7.25. The summed E-state index contributed by atoms with van der Waals surface area (Å²) in [6.07, 6.45) is 1.84. The van der Waals surface area contributed by atoms with E-state index in [1.54, 1.807) is 16.6 Å². The molecule has 7 nitrogen and oxygen atoms in total. The molecule has 42 heavy (non-hydrogen) atoms. The Morgan fingerprint density at radius 2 is 1.69 bits per heavy atom. The second-order valence-electron chi connectivity index (χ2n) is 9.75. The topological polar surface area (TPSA) is 73.1 Å². The molecule has 0 fully saturated rings. The number of fused-ring (bicyclic) bond motifs is 1. The number of rotatable bonds is 9. The van der Waals surface area contributed by atoms with Crippen LogP contribution in [0.3, 0.4) is 0 Å². The third kappa shape index (κ3) is 5.84. The molecule has 216 valence electrons. The van der Waals surface area contributed by atoms with Crippen LogP contribution in [-0.4, -0.2) is 35.6 Å². The van der Waals surface area contributed by atoms with E-state index in [2.05, 4.69) is 15.9 Å². The number of likely N-dealkylation sites (N-methyl/N-ethyl adjacent to an activating group) is 1. The number of hydrogen-bond acceptors (Lipinski definition) is 6. The summed E-state index contributed by atoms with van der Waals surface area (Å²) in [5, 5.41) is 0. The number of ether oxygens (including phenoxy) is 2. The van der Waals surface area contributed by atoms with Crippen LogP contribution in [0.1, 0.15) is 43.5 Å². The zero-order valence-electron chi connectivity index (χ0n) is 24.0. The second kappa shape index (κ2) is 12.9. The van der Waals surface area contributed by atoms with Crippen molar-refractivity contribution in [2.24, 2.45) is 4.99 Å². The number of para-hydroxylation sites is 2. The molecule has 1 aliphatic rings. The highest BCUT2D eigenvalue weighted by atomic mass is 79.9. The largest absolute Gasteiger partial charge is 0.496 e. The quantitative estimate of drug-likeness (QED) is 0.243. The van der Waals surface area contributed by atoms with Crippen LogP contribution in [0.4, 0.5) is 0 Å². The first kappa shape index (κ1) is 29.5. The number of aromatic nitrogens is 1. The zero-order valence-corrected chi connectivity index (χ0v) is 26.4. The molecule has 1 aliphatic heterocycles. The maximum absolute atomic E-state index is 14.2. The van der Waals surface area contributed by atoms with Gasteiger partial charge in [0.25, 0.3) is 11.5 Å². The van der Waals surface area contributed by atoms with Crippen molar-refractivity contribution in [3.8, 4) is 11.5 Å². The minimum absolute atomic E-state index is 0.141. The average molecular weight is 647 g/mol. The minimum Gasteiger partial charge on any atom is -0.496 e. The normalized spacial score (nSPS) is 14.8. The Labute approximate surface area is 257 Å². The maximum Gasteiger partial charge on any atom is 0.271 e. The summed E-state index contributed by atoms with van der Waals surface area (Å²) in [6.45, 7) is 7.21. The van der Waals surface area contributed by atoms with Crippen LogP contribution in [0.2, 0.25) is 0 Å². The van der Waals surface area contributed by atoms with Crippen molar-refractivity contribution >= 4 is 39.2 Å². The van der Waals surface area contributed by atoms with Gasteiger partial charge in [-0.05, 0) is 56.7 Å². The smallest absolute Gasteiger partial charge is 0.271 e. The Bertz CT molecular complexity index is 1820. The molecule has 3 aromatic carbocycles. The van der Waals surface area contributed by atoms with Gasteiger partial charge in [-0.3, -0.25) is 14.2 Å². The van der Waals surface area contributed by atoms with Crippen molar-refractivity contribution in [1.29, 1.82) is 0 Å². The van der Waals surface area contributed by atoms with Crippen molar-refractivity contribution in [3.05, 3.63) is 125 Å². The number of amides is 1. The van der Waals surface area contributed by atoms with Gasteiger partial charge >= 0.3 is 0 Å². The lowest BCUT2D eigenvalue weighted by molar-refractivity contribution is -0.127. The summed E-state index contributed by atoms with van der Waals surface area (Å²) in [4.78, 5) is 35.1. The summed E-state index contributed by atoms with van der Waals surface area (Å²) in [6, 6.07) is 22.4. The van der Waals surface area contributed by atoms with Gasteiger partial charge in [0.15, 0.2) is 4.80 Å². The van der Waals surface area contributed by atoms with Gasteiger partial charge < -0.3 is 14.4 Å². The Balaban J connectivity index is 1.63. The summed E-state index contributed by atoms with van der Waals surface area (Å²) in [5.74, 6) is 1.13. The Hall–Kier alpha value is -3.95. The van der Waals surface area contributed by atoms with E-state index in [9.17, 15) is 9.59 Å². The number of allylic oxidation sites excluding steroid dienone is 1. The van der Waals surface area contributed by atoms with Gasteiger partial charge in [-0.1, -0.05) is 75.8 Å². The van der Waals surface area contributed by atoms with Crippen LogP contribution in [0.5, 0.6) is 11.5 Å². The molecule has 1 atom stereocenters. The first-order valence-electron chi connectivity index (χ1n) is 13.8. The molecule has 2 heterocycles. The molecule has 0 bridgehead atoms. The molecule has 0 saturated carbocycles. The predicted octanol–water partition coefficient (Wildman–Crippen LogP) is 5.45. The lowest BCUT2D eigenvalue weighted by Crippen LogP contribution is -2.43. The van der Waals surface area contributed by atoms with Crippen molar-refractivity contribution in [1.82, 2.24) is 9.47 Å². The molecule has 0 spiro atoms. The van der Waals surface area contributed by atoms with Crippen molar-refractivity contribution in [2.45, 2.75) is 33.4 Å². The molecule has 1 amide bonds. The van der Waals surface area contributed by atoms with Gasteiger partial charge in [-0.25, -0.2) is 4.99 Å². The molecule has 4 aromatic rings. The summed E-state index contributed by atoms with van der Waals surface area (Å²) in [7, 11) is 1.59. The molecular weight excluding hydrogens is 614 g/mol. The number of carbonyl (C=O) groups is 1. The van der Waals surface area contributed by atoms with Crippen LogP contribution in [0.25, 0.3) is 6.08 Å². The van der Waals surface area contributed by atoms with E-state index in [-0.39, 0.29) is 11.5 Å². The van der Waals surface area contributed by atoms with E-state index in [0.29, 0.717) is 51.8 Å². The average Bonchev–Trinajstić information content (AvgIpc) is 3.31. The predicted molar refractivity (Wildman–Crippen MR) is 170 cm³/mol. The first-order valence-corrected chi connectivity index (χ1v) is 15.4. The molecule has 0 aliphatic carbocycles. The Morgan fingerprint density at radius 1 is 1.02 bits per heavy atom. The van der Waals surface area contributed by atoms with E-state index >= 15 is 0 Å². The highest BCUT2D eigenvalue weighted by Gasteiger charge is 2.35. The van der Waals surface area contributed by atoms with Crippen LogP contribution < -0.4 is 24.4 Å². The highest BCUT2D eigenvalue weighted by Crippen LogP contribution is 2.36. The SMILES string of the molecule is CCN(CC)C(=O)C1=C(C)N=c2s/c(=C/c3ccccc3OCc3ccc(Br)cc3)c(=O)n2[C@@H]1c1ccccc1OC. The van der Waals surface area contributed by atoms with Gasteiger partial charge in [-0.2, -0.15) is 0 Å². The van der Waals surface area contributed by atoms with Crippen LogP contribution in [0, 0.1) is 0 Å². The fourth-order valence-corrected chi connectivity index (χ4v) is 6.38. The van der Waals surface area contributed by atoms with Crippen LogP contribution in [0.15, 0.2) is 98.3 Å². The number of carbonyl (C=O) groups excluding carboxylic acids is 1. The number of nitrogens with zero attached hydrogens (tertiary/aromatic N) is 3. The lowest BCUT2D eigenvalue weighted by atomic mass is 9.94. The van der Waals surface area contributed by atoms with Gasteiger partial charge in [0.2, 0.25) is 0 Å². The summed E-state index contributed by atoms with van der Waals surface area (Å²) in [5.41, 5.74) is 3.38. The van der Waals surface area contributed by atoms with Gasteiger partial charge in [0.1, 0.15) is 24.1 Å². The fraction of sp³-hybridized carbons (Fsp3) is 0.242. The fourth-order valence-electron chi connectivity index (χ4n) is 5.08. The molecular formula is C33H32BrN3O4S. The standard InChI is InChI=1S/C33H32BrN3O4S/c1-5-36(6-2)32(39)29-21(3)35-33-37(30(29)25-12-8-10-14-27(25)40-4)31(38)28(42-33)19-23-11-7-9-13-26(23)41-20-22-15-17-24(34)18-16-22/h7-19,30H,5-6,20H2,1-4H3/b28-19+/t30-/m1/s1. The molecule has 0 radical (unpaired) electrons. The molecule has 0 saturated heterocycles. The zero-order chi connectivity index (χ0) is 29.8. The number of thiazole rings is 1. The second-order valence-corrected chi connectivity index (χ2v) is 11.7. The number of hydrogen-bond donors (Lipinski definition) is 0. The Kier molecular flexibility index (Phi) is 9.09. The van der Waals surface area contributed by atoms with Crippen molar-refractivity contribution < 1.29 is 14.3 Å². The van der Waals surface area contributed by atoms with Gasteiger partial charge in [0, 0.05) is 28.7 Å². The summed E-state index contributed by atoms with van der Waals surface area (Å²) < 4.78 is 15.0. The lowest BCUT2D eigenvalue weighted by Gasteiger charge is -2.29. The summed E-state index contributed by atoms with van der Waals surface area (Å²) >= 11 is 4.76. The van der Waals surface area contributed by atoms with Crippen molar-refractivity contribution in [3.63, 3.8) is 0 Å². The number of benzene rings is 3. The maximum atomic E-state index is 14.2. The van der Waals surface area contributed by atoms with E-state index in [0.717, 1.165) is 21.2 Å². The molecule has 9 heteroatoms. The third-order valence-corrected chi connectivity index (χ3v) is 8.76. The first-order chi connectivity index (χ1) is 20.4. The minimum atomic E-state index is -0.684. The molecule has 1 aromatic heterocycles. The van der Waals surface area contributed by atoms with E-state index < -0.39 is 6.04 Å². The van der Waals surface area contributed by atoms with Crippen LogP contribution in [-0.2, 0) is 11.4 Å². The number of methoxy groups -OCH3 is 1. The van der Waals surface area contributed by atoms with Gasteiger partial charge in [0.05, 0.1) is 22.9 Å². The molecule has 0 unspecified atom stereocenters. The van der Waals surface area contributed by atoms with Gasteiger partial charge in [-0.15, -0.1) is 0 Å². The monoisotopic (exact) mass is 645 g/mol. The van der Waals surface area contributed by atoms with E-state index in [4.69, 9.17) is 14.5 Å². The van der Waals surface area contributed by atoms with Crippen LogP contribution >= 0.6 is 27.3 Å². The Morgan fingerprint density at radius 3 is 2.38 bits per heavy atom. The van der Waals surface area contributed by atoms with E-state index in [1.807, 2.05) is 99.6 Å². The molecule has 5 rings (SSSR count). The highest BCUT2D eigenvalue weighted by molar-refractivity contribution is 9.10. The molecule has 0 N–H and O–H groups in total. The van der Waals surface area contributed by atoms with E-state index in [1.165, 1.54) is 11.3 Å². The van der Waals surface area contributed by atoms with Crippen molar-refractivity contribution in [2.75, 3.05) is 20.2 Å².